The van der Waals surface area contributed by atoms with E-state index in [2.05, 4.69) is 10.0 Å². The Morgan fingerprint density at radius 2 is 1.71 bits per heavy atom. The molecule has 0 aliphatic rings. The summed E-state index contributed by atoms with van der Waals surface area (Å²) in [7, 11) is -3.54. The van der Waals surface area contributed by atoms with Crippen molar-refractivity contribution in [3.63, 3.8) is 0 Å². The summed E-state index contributed by atoms with van der Waals surface area (Å²) in [5.41, 5.74) is 0. The van der Waals surface area contributed by atoms with Gasteiger partial charge in [0.05, 0.1) is 4.90 Å². The van der Waals surface area contributed by atoms with Crippen LogP contribution in [0.25, 0.3) is 0 Å². The van der Waals surface area contributed by atoms with Gasteiger partial charge in [0.15, 0.2) is 6.10 Å². The number of hydrogen-bond donors (Lipinski definition) is 2. The average Bonchev–Trinajstić information content (AvgIpc) is 2.52. The van der Waals surface area contributed by atoms with Crippen molar-refractivity contribution >= 4 is 15.9 Å². The molecule has 0 saturated heterocycles. The van der Waals surface area contributed by atoms with E-state index in [-0.39, 0.29) is 16.8 Å². The molecule has 24 heavy (non-hydrogen) atoms. The van der Waals surface area contributed by atoms with Crippen LogP contribution < -0.4 is 14.8 Å². The van der Waals surface area contributed by atoms with E-state index in [0.717, 1.165) is 0 Å². The summed E-state index contributed by atoms with van der Waals surface area (Å²) < 4.78 is 32.5. The normalized spacial score (nSPS) is 14.2. The Labute approximate surface area is 145 Å². The number of sulfonamides is 1. The molecule has 7 heteroatoms. The van der Waals surface area contributed by atoms with Gasteiger partial charge in [0.25, 0.3) is 5.91 Å². The van der Waals surface area contributed by atoms with Gasteiger partial charge in [-0.2, -0.15) is 0 Å². The molecule has 2 N–H and O–H groups in total. The highest BCUT2D eigenvalue weighted by Gasteiger charge is 2.18. The van der Waals surface area contributed by atoms with Crippen molar-refractivity contribution < 1.29 is 17.9 Å². The predicted octanol–water partition coefficient (Wildman–Crippen LogP) is 2.30. The third-order valence-corrected chi connectivity index (χ3v) is 5.07. The van der Waals surface area contributed by atoms with Crippen LogP contribution in [0.2, 0.25) is 0 Å². The highest BCUT2D eigenvalue weighted by Crippen LogP contribution is 2.17. The quantitative estimate of drug-likeness (QED) is 0.711. The van der Waals surface area contributed by atoms with E-state index in [4.69, 9.17) is 4.74 Å². The molecular weight excluding hydrogens is 328 g/mol. The van der Waals surface area contributed by atoms with Gasteiger partial charge < -0.3 is 10.1 Å². The van der Waals surface area contributed by atoms with Crippen molar-refractivity contribution in [1.82, 2.24) is 10.0 Å². The lowest BCUT2D eigenvalue weighted by atomic mass is 10.2. The summed E-state index contributed by atoms with van der Waals surface area (Å²) in [4.78, 5) is 12.1. The first-order valence-corrected chi connectivity index (χ1v) is 9.70. The Morgan fingerprint density at radius 1 is 1.12 bits per heavy atom. The molecule has 136 valence electrons. The zero-order valence-electron chi connectivity index (χ0n) is 15.0. The molecule has 0 fully saturated rings. The minimum absolute atomic E-state index is 0.129. The second-order valence-corrected chi connectivity index (χ2v) is 8.02. The molecule has 0 unspecified atom stereocenters. The minimum atomic E-state index is -3.54. The molecule has 1 amide bonds. The molecule has 0 saturated carbocycles. The van der Waals surface area contributed by atoms with Crippen molar-refractivity contribution in [3.05, 3.63) is 24.3 Å². The highest BCUT2D eigenvalue weighted by atomic mass is 32.2. The maximum absolute atomic E-state index is 12.2. The van der Waals surface area contributed by atoms with E-state index in [1.807, 2.05) is 27.7 Å². The van der Waals surface area contributed by atoms with Crippen LogP contribution >= 0.6 is 0 Å². The van der Waals surface area contributed by atoms with Crippen LogP contribution in [0.4, 0.5) is 0 Å². The Balaban J connectivity index is 2.69. The van der Waals surface area contributed by atoms with Crippen LogP contribution in [-0.2, 0) is 14.8 Å². The number of ether oxygens (including phenoxy) is 1. The number of hydrogen-bond acceptors (Lipinski definition) is 4. The fraction of sp³-hybridized carbons (Fsp3) is 0.588. The summed E-state index contributed by atoms with van der Waals surface area (Å²) in [5, 5.41) is 2.80. The molecule has 0 spiro atoms. The Morgan fingerprint density at radius 3 is 2.21 bits per heavy atom. The van der Waals surface area contributed by atoms with E-state index in [1.54, 1.807) is 19.1 Å². The number of amides is 1. The molecule has 0 aromatic heterocycles. The largest absolute Gasteiger partial charge is 0.481 e. The van der Waals surface area contributed by atoms with Crippen molar-refractivity contribution in [2.75, 3.05) is 6.54 Å². The van der Waals surface area contributed by atoms with E-state index in [0.29, 0.717) is 24.6 Å². The lowest BCUT2D eigenvalue weighted by Crippen LogP contribution is -2.38. The van der Waals surface area contributed by atoms with E-state index >= 15 is 0 Å². The van der Waals surface area contributed by atoms with Crippen molar-refractivity contribution in [3.8, 4) is 5.75 Å². The summed E-state index contributed by atoms with van der Waals surface area (Å²) in [6.45, 7) is 9.99. The Hall–Kier alpha value is -1.60. The Bertz CT molecular complexity index is 626. The predicted molar refractivity (Wildman–Crippen MR) is 94.5 cm³/mol. The van der Waals surface area contributed by atoms with Gasteiger partial charge in [-0.05, 0) is 50.5 Å². The lowest BCUT2D eigenvalue weighted by molar-refractivity contribution is -0.127. The number of carbonyl (C=O) groups is 1. The molecule has 0 radical (unpaired) electrons. The van der Waals surface area contributed by atoms with Crippen LogP contribution in [0.5, 0.6) is 5.75 Å². The number of nitrogens with one attached hydrogen (secondary N) is 2. The minimum Gasteiger partial charge on any atom is -0.481 e. The summed E-state index contributed by atoms with van der Waals surface area (Å²) in [6, 6.07) is 5.92. The molecule has 2 atom stereocenters. The lowest BCUT2D eigenvalue weighted by Gasteiger charge is -2.16. The summed E-state index contributed by atoms with van der Waals surface area (Å²) >= 11 is 0. The third-order valence-electron chi connectivity index (χ3n) is 3.47. The van der Waals surface area contributed by atoms with Gasteiger partial charge >= 0.3 is 0 Å². The molecule has 1 rings (SSSR count). The highest BCUT2D eigenvalue weighted by molar-refractivity contribution is 7.89. The van der Waals surface area contributed by atoms with Gasteiger partial charge in [-0.15, -0.1) is 0 Å². The molecule has 0 aliphatic heterocycles. The molecule has 6 nitrogen and oxygen atoms in total. The van der Waals surface area contributed by atoms with Crippen LogP contribution in [0.15, 0.2) is 29.2 Å². The zero-order chi connectivity index (χ0) is 18.3. The topological polar surface area (TPSA) is 84.5 Å². The van der Waals surface area contributed by atoms with Crippen LogP contribution in [0, 0.1) is 5.92 Å². The first-order chi connectivity index (χ1) is 11.2. The van der Waals surface area contributed by atoms with Gasteiger partial charge in [-0.3, -0.25) is 4.79 Å². The molecule has 1 aromatic carbocycles. The average molecular weight is 356 g/mol. The van der Waals surface area contributed by atoms with Gasteiger partial charge in [0.1, 0.15) is 5.75 Å². The van der Waals surface area contributed by atoms with Gasteiger partial charge in [-0.25, -0.2) is 13.1 Å². The molecule has 0 aliphatic carbocycles. The summed E-state index contributed by atoms with van der Waals surface area (Å²) in [6.07, 6.45) is 0.0631. The van der Waals surface area contributed by atoms with Crippen LogP contribution in [0.1, 0.15) is 41.0 Å². The van der Waals surface area contributed by atoms with E-state index < -0.39 is 16.1 Å². The van der Waals surface area contributed by atoms with Gasteiger partial charge in [0, 0.05) is 12.6 Å². The smallest absolute Gasteiger partial charge is 0.260 e. The summed E-state index contributed by atoms with van der Waals surface area (Å²) in [5.74, 6) is 0.618. The van der Waals surface area contributed by atoms with E-state index in [9.17, 15) is 13.2 Å². The zero-order valence-corrected chi connectivity index (χ0v) is 15.8. The standard InChI is InChI=1S/C17H28N2O4S/c1-6-13(4)19-24(21,22)16-9-7-15(8-10-16)23-14(5)17(20)18-11-12(2)3/h7-10,12-14,19H,6,11H2,1-5H3,(H,18,20)/t13-,14-/m1/s1. The second-order valence-electron chi connectivity index (χ2n) is 6.30. The van der Waals surface area contributed by atoms with Crippen molar-refractivity contribution in [1.29, 1.82) is 0 Å². The monoisotopic (exact) mass is 356 g/mol. The third kappa shape index (κ3) is 6.49. The maximum atomic E-state index is 12.2. The molecule has 0 bridgehead atoms. The Kier molecular flexibility index (Phi) is 7.69. The molecule has 0 heterocycles. The molecule has 1 aromatic rings. The van der Waals surface area contributed by atoms with Gasteiger partial charge in [-0.1, -0.05) is 20.8 Å². The first-order valence-electron chi connectivity index (χ1n) is 8.22. The van der Waals surface area contributed by atoms with Crippen LogP contribution in [0.3, 0.4) is 0 Å². The molecular formula is C17H28N2O4S. The SMILES string of the molecule is CC[C@@H](C)NS(=O)(=O)c1ccc(O[C@H](C)C(=O)NCC(C)C)cc1. The fourth-order valence-corrected chi connectivity index (χ4v) is 3.15. The number of benzene rings is 1. The van der Waals surface area contributed by atoms with Gasteiger partial charge in [0.2, 0.25) is 10.0 Å². The van der Waals surface area contributed by atoms with Crippen molar-refractivity contribution in [2.45, 2.75) is 58.1 Å². The van der Waals surface area contributed by atoms with E-state index in [1.165, 1.54) is 12.1 Å². The fourth-order valence-electron chi connectivity index (χ4n) is 1.82. The number of carbonyl (C=O) groups excluding carboxylic acids is 1. The first kappa shape index (κ1) is 20.4. The van der Waals surface area contributed by atoms with Crippen LogP contribution in [-0.4, -0.2) is 33.0 Å². The second kappa shape index (κ2) is 9.03. The van der Waals surface area contributed by atoms with Crippen molar-refractivity contribution in [2.24, 2.45) is 5.92 Å². The number of rotatable bonds is 9. The maximum Gasteiger partial charge on any atom is 0.260 e.